The fourth-order valence-electron chi connectivity index (χ4n) is 3.03. The van der Waals surface area contributed by atoms with Gasteiger partial charge in [-0.15, -0.1) is 11.8 Å². The fraction of sp³-hybridized carbons (Fsp3) is 0.300. The van der Waals surface area contributed by atoms with E-state index in [1.165, 1.54) is 13.2 Å². The molecule has 0 fully saturated rings. The third kappa shape index (κ3) is 4.84. The molecular formula is C20H19F3N2O3S. The normalized spacial score (nSPS) is 17.1. The number of methoxy groups -OCH3 is 1. The zero-order valence-electron chi connectivity index (χ0n) is 15.7. The van der Waals surface area contributed by atoms with E-state index in [0.717, 1.165) is 29.5 Å². The summed E-state index contributed by atoms with van der Waals surface area (Å²) >= 11 is 1.08. The summed E-state index contributed by atoms with van der Waals surface area (Å²) in [6.45, 7) is 1.80. The van der Waals surface area contributed by atoms with Crippen LogP contribution in [-0.4, -0.2) is 24.2 Å². The average Bonchev–Trinajstić information content (AvgIpc) is 2.67. The number of hydrogen-bond donors (Lipinski definition) is 2. The van der Waals surface area contributed by atoms with E-state index in [2.05, 4.69) is 10.6 Å². The maximum Gasteiger partial charge on any atom is 0.416 e. The predicted octanol–water partition coefficient (Wildman–Crippen LogP) is 4.39. The van der Waals surface area contributed by atoms with Crippen molar-refractivity contribution in [3.63, 3.8) is 0 Å². The standard InChI is InChI=1S/C20H19F3N2O3S/c1-11(13-5-3-4-6-15(13)28-2)24-18(26)10-17-19(27)25-14-9-12(20(21,22)23)7-8-16(14)29-17/h3-9,11,17H,10H2,1-2H3,(H,24,26)(H,25,27)/t11-,17-/m1/s1. The van der Waals surface area contributed by atoms with Crippen LogP contribution in [0.1, 0.15) is 30.5 Å². The van der Waals surface area contributed by atoms with Gasteiger partial charge in [-0.3, -0.25) is 9.59 Å². The zero-order chi connectivity index (χ0) is 21.2. The number of nitrogens with one attached hydrogen (secondary N) is 2. The molecule has 1 aliphatic rings. The fourth-order valence-corrected chi connectivity index (χ4v) is 4.12. The second kappa shape index (κ2) is 8.36. The van der Waals surface area contributed by atoms with Crippen molar-refractivity contribution < 1.29 is 27.5 Å². The molecule has 0 radical (unpaired) electrons. The van der Waals surface area contributed by atoms with Crippen molar-refractivity contribution in [3.05, 3.63) is 53.6 Å². The van der Waals surface area contributed by atoms with Gasteiger partial charge in [-0.2, -0.15) is 13.2 Å². The number of anilines is 1. The second-order valence-electron chi connectivity index (χ2n) is 6.54. The number of amides is 2. The van der Waals surface area contributed by atoms with Gasteiger partial charge in [-0.1, -0.05) is 18.2 Å². The van der Waals surface area contributed by atoms with Gasteiger partial charge in [0.1, 0.15) is 5.75 Å². The molecule has 3 rings (SSSR count). The molecule has 2 aromatic carbocycles. The predicted molar refractivity (Wildman–Crippen MR) is 104 cm³/mol. The molecule has 0 spiro atoms. The van der Waals surface area contributed by atoms with E-state index in [4.69, 9.17) is 4.74 Å². The Kier molecular flexibility index (Phi) is 6.07. The van der Waals surface area contributed by atoms with Crippen LogP contribution in [0.3, 0.4) is 0 Å². The molecule has 1 aliphatic heterocycles. The van der Waals surface area contributed by atoms with Crippen molar-refractivity contribution in [3.8, 4) is 5.75 Å². The molecule has 5 nitrogen and oxygen atoms in total. The molecular weight excluding hydrogens is 405 g/mol. The van der Waals surface area contributed by atoms with Crippen molar-refractivity contribution in [1.82, 2.24) is 5.32 Å². The molecule has 2 aromatic rings. The van der Waals surface area contributed by atoms with E-state index < -0.39 is 22.9 Å². The van der Waals surface area contributed by atoms with Gasteiger partial charge < -0.3 is 15.4 Å². The Hall–Kier alpha value is -2.68. The van der Waals surface area contributed by atoms with Crippen molar-refractivity contribution in [2.45, 2.75) is 35.7 Å². The smallest absolute Gasteiger partial charge is 0.416 e. The lowest BCUT2D eigenvalue weighted by molar-refractivity contribution is -0.137. The van der Waals surface area contributed by atoms with Crippen molar-refractivity contribution in [1.29, 1.82) is 0 Å². The molecule has 2 atom stereocenters. The Labute approximate surface area is 170 Å². The van der Waals surface area contributed by atoms with Crippen LogP contribution >= 0.6 is 11.8 Å². The number of fused-ring (bicyclic) bond motifs is 1. The van der Waals surface area contributed by atoms with Gasteiger partial charge >= 0.3 is 6.18 Å². The maximum absolute atomic E-state index is 12.8. The van der Waals surface area contributed by atoms with Crippen molar-refractivity contribution in [2.24, 2.45) is 0 Å². The number of carbonyl (C=O) groups is 2. The van der Waals surface area contributed by atoms with Crippen LogP contribution in [0.4, 0.5) is 18.9 Å². The highest BCUT2D eigenvalue weighted by Gasteiger charge is 2.34. The van der Waals surface area contributed by atoms with Crippen molar-refractivity contribution in [2.75, 3.05) is 12.4 Å². The minimum Gasteiger partial charge on any atom is -0.496 e. The minimum absolute atomic E-state index is 0.101. The topological polar surface area (TPSA) is 67.4 Å². The SMILES string of the molecule is COc1ccccc1[C@@H](C)NC(=O)C[C@H]1Sc2ccc(C(F)(F)F)cc2NC1=O. The van der Waals surface area contributed by atoms with E-state index in [0.29, 0.717) is 10.6 Å². The summed E-state index contributed by atoms with van der Waals surface area (Å²) in [7, 11) is 1.54. The summed E-state index contributed by atoms with van der Waals surface area (Å²) in [6, 6.07) is 10.1. The number of halogens is 3. The summed E-state index contributed by atoms with van der Waals surface area (Å²) < 4.78 is 43.8. The monoisotopic (exact) mass is 424 g/mol. The number of alkyl halides is 3. The second-order valence-corrected chi connectivity index (χ2v) is 7.78. The molecule has 0 bridgehead atoms. The molecule has 2 N–H and O–H groups in total. The van der Waals surface area contributed by atoms with Gasteiger partial charge in [0.05, 0.1) is 29.7 Å². The van der Waals surface area contributed by atoms with Crippen LogP contribution in [0.25, 0.3) is 0 Å². The van der Waals surface area contributed by atoms with Gasteiger partial charge in [-0.25, -0.2) is 0 Å². The van der Waals surface area contributed by atoms with E-state index in [1.54, 1.807) is 13.0 Å². The van der Waals surface area contributed by atoms with Crippen LogP contribution in [0.5, 0.6) is 5.75 Å². The molecule has 1 heterocycles. The molecule has 9 heteroatoms. The lowest BCUT2D eigenvalue weighted by Gasteiger charge is -2.25. The summed E-state index contributed by atoms with van der Waals surface area (Å²) in [5.41, 5.74) is 0.0713. The number of para-hydroxylation sites is 1. The van der Waals surface area contributed by atoms with Crippen molar-refractivity contribution >= 4 is 29.3 Å². The van der Waals surface area contributed by atoms with Gasteiger partial charge in [0.2, 0.25) is 11.8 Å². The largest absolute Gasteiger partial charge is 0.496 e. The first-order chi connectivity index (χ1) is 13.7. The quantitative estimate of drug-likeness (QED) is 0.747. The maximum atomic E-state index is 12.8. The Bertz CT molecular complexity index is 933. The van der Waals surface area contributed by atoms with E-state index in [1.807, 2.05) is 18.2 Å². The molecule has 0 saturated heterocycles. The van der Waals surface area contributed by atoms with Crippen LogP contribution in [0.2, 0.25) is 0 Å². The van der Waals surface area contributed by atoms with Crippen LogP contribution in [0.15, 0.2) is 47.4 Å². The third-order valence-corrected chi connectivity index (χ3v) is 5.76. The number of hydrogen-bond acceptors (Lipinski definition) is 4. The first kappa shape index (κ1) is 21.0. The third-order valence-electron chi connectivity index (χ3n) is 4.48. The highest BCUT2D eigenvalue weighted by atomic mass is 32.2. The molecule has 0 aliphatic carbocycles. The van der Waals surface area contributed by atoms with Crippen LogP contribution < -0.4 is 15.4 Å². The minimum atomic E-state index is -4.49. The first-order valence-corrected chi connectivity index (χ1v) is 9.68. The van der Waals surface area contributed by atoms with Gasteiger partial charge in [-0.05, 0) is 31.2 Å². The van der Waals surface area contributed by atoms with Gasteiger partial charge in [0.15, 0.2) is 0 Å². The van der Waals surface area contributed by atoms with Crippen LogP contribution in [0, 0.1) is 0 Å². The van der Waals surface area contributed by atoms with Crippen LogP contribution in [-0.2, 0) is 15.8 Å². The average molecular weight is 424 g/mol. The highest BCUT2D eigenvalue weighted by Crippen LogP contribution is 2.40. The molecule has 0 aromatic heterocycles. The molecule has 0 saturated carbocycles. The highest BCUT2D eigenvalue weighted by molar-refractivity contribution is 8.01. The Morgan fingerprint density at radius 1 is 1.28 bits per heavy atom. The molecule has 0 unspecified atom stereocenters. The summed E-state index contributed by atoms with van der Waals surface area (Å²) in [5, 5.41) is 4.57. The molecule has 154 valence electrons. The Morgan fingerprint density at radius 3 is 2.69 bits per heavy atom. The van der Waals surface area contributed by atoms with Gasteiger partial charge in [0, 0.05) is 16.9 Å². The van der Waals surface area contributed by atoms with E-state index >= 15 is 0 Å². The Balaban J connectivity index is 1.66. The van der Waals surface area contributed by atoms with Gasteiger partial charge in [0.25, 0.3) is 0 Å². The number of carbonyl (C=O) groups excluding carboxylic acids is 2. The Morgan fingerprint density at radius 2 is 2.00 bits per heavy atom. The number of rotatable bonds is 5. The number of ether oxygens (including phenoxy) is 1. The van der Waals surface area contributed by atoms with E-state index in [9.17, 15) is 22.8 Å². The van der Waals surface area contributed by atoms with E-state index in [-0.39, 0.29) is 24.1 Å². The first-order valence-electron chi connectivity index (χ1n) is 8.80. The molecule has 2 amide bonds. The number of thioether (sulfide) groups is 1. The lowest BCUT2D eigenvalue weighted by atomic mass is 10.1. The number of benzene rings is 2. The summed E-state index contributed by atoms with van der Waals surface area (Å²) in [5.74, 6) is -0.201. The summed E-state index contributed by atoms with van der Waals surface area (Å²) in [4.78, 5) is 25.2. The molecule has 29 heavy (non-hydrogen) atoms. The zero-order valence-corrected chi connectivity index (χ0v) is 16.5. The summed E-state index contributed by atoms with van der Waals surface area (Å²) in [6.07, 6.45) is -4.59. The lowest BCUT2D eigenvalue weighted by Crippen LogP contribution is -2.36.